The molecule has 0 bridgehead atoms. The molecule has 0 aromatic heterocycles. The second-order valence-electron chi connectivity index (χ2n) is 7.11. The lowest BCUT2D eigenvalue weighted by Gasteiger charge is -2.37. The largest absolute Gasteiger partial charge is 0.381 e. The fourth-order valence-electron chi connectivity index (χ4n) is 3.68. The van der Waals surface area contributed by atoms with Gasteiger partial charge in [-0.3, -0.25) is 9.69 Å². The van der Waals surface area contributed by atoms with E-state index in [4.69, 9.17) is 15.9 Å². The van der Waals surface area contributed by atoms with Crippen LogP contribution in [0.1, 0.15) is 16.8 Å². The van der Waals surface area contributed by atoms with E-state index in [0.717, 1.165) is 26.1 Å². The number of ether oxygens (including phenoxy) is 2. The van der Waals surface area contributed by atoms with Crippen molar-refractivity contribution in [1.82, 2.24) is 14.9 Å². The number of rotatable bonds is 8. The van der Waals surface area contributed by atoms with Crippen LogP contribution in [-0.2, 0) is 19.5 Å². The number of carbonyl (C=O) groups excluding carboxylic acids is 1. The predicted molar refractivity (Wildman–Crippen MR) is 108 cm³/mol. The number of nitrogens with one attached hydrogen (secondary N) is 2. The Hall–Kier alpha value is -1.96. The summed E-state index contributed by atoms with van der Waals surface area (Å²) < 4.78 is 37.8. The normalized spacial score (nSPS) is 21.4. The minimum absolute atomic E-state index is 0.00863. The van der Waals surface area contributed by atoms with Gasteiger partial charge in [0, 0.05) is 43.8 Å². The Labute approximate surface area is 172 Å². The van der Waals surface area contributed by atoms with Gasteiger partial charge < -0.3 is 14.8 Å². The van der Waals surface area contributed by atoms with E-state index in [-0.39, 0.29) is 29.0 Å². The number of amides is 1. The summed E-state index contributed by atoms with van der Waals surface area (Å²) in [6.07, 6.45) is 6.08. The number of morpholine rings is 1. The van der Waals surface area contributed by atoms with E-state index in [0.29, 0.717) is 32.3 Å². The zero-order valence-corrected chi connectivity index (χ0v) is 17.1. The van der Waals surface area contributed by atoms with Crippen molar-refractivity contribution >= 4 is 15.9 Å². The summed E-state index contributed by atoms with van der Waals surface area (Å²) in [7, 11) is -3.75. The summed E-state index contributed by atoms with van der Waals surface area (Å²) in [5, 5.41) is 2.97. The fraction of sp³-hybridized carbons (Fsp3) is 0.550. The number of terminal acetylenes is 1. The summed E-state index contributed by atoms with van der Waals surface area (Å²) in [6, 6.07) is 6.09. The van der Waals surface area contributed by atoms with Gasteiger partial charge in [-0.05, 0) is 24.6 Å². The summed E-state index contributed by atoms with van der Waals surface area (Å²) in [6.45, 7) is 4.81. The molecule has 2 unspecified atom stereocenters. The standard InChI is InChI=1S/C20H27N3O5S/c1-2-7-22-29(25,26)18-5-3-4-16(13-18)20(24)21-14-19(17-6-10-28-15-17)23-8-11-27-12-9-23/h1,3-5,13,17,19,22H,6-12,14-15H2,(H,21,24). The molecular weight excluding hydrogens is 394 g/mol. The minimum Gasteiger partial charge on any atom is -0.381 e. The van der Waals surface area contributed by atoms with E-state index < -0.39 is 10.0 Å². The summed E-state index contributed by atoms with van der Waals surface area (Å²) >= 11 is 0. The Morgan fingerprint density at radius 2 is 2.07 bits per heavy atom. The first kappa shape index (κ1) is 21.7. The molecule has 2 heterocycles. The van der Waals surface area contributed by atoms with Gasteiger partial charge in [-0.25, -0.2) is 8.42 Å². The van der Waals surface area contributed by atoms with Crippen molar-refractivity contribution in [2.24, 2.45) is 5.92 Å². The highest BCUT2D eigenvalue weighted by atomic mass is 32.2. The third-order valence-corrected chi connectivity index (χ3v) is 6.67. The van der Waals surface area contributed by atoms with E-state index in [2.05, 4.69) is 20.9 Å². The molecule has 0 saturated carbocycles. The van der Waals surface area contributed by atoms with Crippen LogP contribution in [0.2, 0.25) is 0 Å². The van der Waals surface area contributed by atoms with Gasteiger partial charge in [-0.1, -0.05) is 12.0 Å². The van der Waals surface area contributed by atoms with Crippen molar-refractivity contribution in [2.45, 2.75) is 17.4 Å². The number of sulfonamides is 1. The Bertz CT molecular complexity index is 840. The Morgan fingerprint density at radius 1 is 1.28 bits per heavy atom. The van der Waals surface area contributed by atoms with E-state index in [9.17, 15) is 13.2 Å². The Morgan fingerprint density at radius 3 is 2.76 bits per heavy atom. The smallest absolute Gasteiger partial charge is 0.251 e. The molecule has 1 aromatic carbocycles. The molecule has 8 nitrogen and oxygen atoms in total. The molecule has 2 atom stereocenters. The first-order valence-electron chi connectivity index (χ1n) is 9.72. The second-order valence-corrected chi connectivity index (χ2v) is 8.87. The van der Waals surface area contributed by atoms with Crippen LogP contribution >= 0.6 is 0 Å². The molecule has 9 heteroatoms. The van der Waals surface area contributed by atoms with Crippen LogP contribution in [0.25, 0.3) is 0 Å². The molecule has 2 fully saturated rings. The molecule has 2 saturated heterocycles. The highest BCUT2D eigenvalue weighted by molar-refractivity contribution is 7.89. The molecule has 0 spiro atoms. The third-order valence-electron chi connectivity index (χ3n) is 5.27. The van der Waals surface area contributed by atoms with E-state index in [1.807, 2.05) is 0 Å². The monoisotopic (exact) mass is 421 g/mol. The van der Waals surface area contributed by atoms with Gasteiger partial charge >= 0.3 is 0 Å². The Kier molecular flexibility index (Phi) is 7.64. The van der Waals surface area contributed by atoms with Crippen LogP contribution in [0.5, 0.6) is 0 Å². The predicted octanol–water partition coefficient (Wildman–Crippen LogP) is 0.0652. The number of nitrogens with zero attached hydrogens (tertiary/aromatic N) is 1. The molecule has 29 heavy (non-hydrogen) atoms. The van der Waals surface area contributed by atoms with Gasteiger partial charge in [-0.15, -0.1) is 6.42 Å². The molecular formula is C20H27N3O5S. The average Bonchev–Trinajstić information content (AvgIpc) is 3.28. The average molecular weight is 422 g/mol. The highest BCUT2D eigenvalue weighted by Gasteiger charge is 2.31. The first-order valence-corrected chi connectivity index (χ1v) is 11.2. The topological polar surface area (TPSA) is 97.0 Å². The minimum atomic E-state index is -3.75. The van der Waals surface area contributed by atoms with Crippen molar-refractivity contribution < 1.29 is 22.7 Å². The number of hydrogen-bond acceptors (Lipinski definition) is 6. The van der Waals surface area contributed by atoms with E-state index in [1.165, 1.54) is 12.1 Å². The third kappa shape index (κ3) is 5.78. The van der Waals surface area contributed by atoms with Crippen molar-refractivity contribution in [2.75, 3.05) is 52.6 Å². The summed E-state index contributed by atoms with van der Waals surface area (Å²) in [5.74, 6) is 2.27. The molecule has 2 aliphatic rings. The number of hydrogen-bond donors (Lipinski definition) is 2. The number of carbonyl (C=O) groups is 1. The van der Waals surface area contributed by atoms with Gasteiger partial charge in [0.25, 0.3) is 5.91 Å². The van der Waals surface area contributed by atoms with Crippen molar-refractivity contribution in [3.8, 4) is 12.3 Å². The van der Waals surface area contributed by atoms with Gasteiger partial charge in [0.15, 0.2) is 0 Å². The molecule has 1 amide bonds. The van der Waals surface area contributed by atoms with E-state index in [1.54, 1.807) is 12.1 Å². The lowest BCUT2D eigenvalue weighted by Crippen LogP contribution is -2.52. The molecule has 0 radical (unpaired) electrons. The second kappa shape index (κ2) is 10.2. The fourth-order valence-corrected chi connectivity index (χ4v) is 4.66. The Balaban J connectivity index is 1.67. The zero-order chi connectivity index (χ0) is 20.7. The van der Waals surface area contributed by atoms with Gasteiger partial charge in [0.2, 0.25) is 10.0 Å². The van der Waals surface area contributed by atoms with E-state index >= 15 is 0 Å². The van der Waals surface area contributed by atoms with Gasteiger partial charge in [-0.2, -0.15) is 4.72 Å². The van der Waals surface area contributed by atoms with Crippen molar-refractivity contribution in [3.05, 3.63) is 29.8 Å². The maximum absolute atomic E-state index is 12.7. The maximum Gasteiger partial charge on any atom is 0.251 e. The number of benzene rings is 1. The highest BCUT2D eigenvalue weighted by Crippen LogP contribution is 2.22. The quantitative estimate of drug-likeness (QED) is 0.577. The lowest BCUT2D eigenvalue weighted by molar-refractivity contribution is 0.00166. The van der Waals surface area contributed by atoms with Crippen molar-refractivity contribution in [1.29, 1.82) is 0 Å². The molecule has 2 N–H and O–H groups in total. The SMILES string of the molecule is C#CCNS(=O)(=O)c1cccc(C(=O)NCC(C2CCOC2)N2CCOCC2)c1. The van der Waals surface area contributed by atoms with Gasteiger partial charge in [0.1, 0.15) is 0 Å². The zero-order valence-electron chi connectivity index (χ0n) is 16.3. The van der Waals surface area contributed by atoms with Crippen molar-refractivity contribution in [3.63, 3.8) is 0 Å². The molecule has 2 aliphatic heterocycles. The molecule has 3 rings (SSSR count). The van der Waals surface area contributed by atoms with Gasteiger partial charge in [0.05, 0.1) is 31.3 Å². The van der Waals surface area contributed by atoms with Crippen LogP contribution in [0.3, 0.4) is 0 Å². The summed E-state index contributed by atoms with van der Waals surface area (Å²) in [4.78, 5) is 15.1. The van der Waals surface area contributed by atoms with Crippen LogP contribution in [-0.4, -0.2) is 77.9 Å². The molecule has 0 aliphatic carbocycles. The van der Waals surface area contributed by atoms with Crippen LogP contribution in [0.15, 0.2) is 29.2 Å². The maximum atomic E-state index is 12.7. The summed E-state index contributed by atoms with van der Waals surface area (Å²) in [5.41, 5.74) is 0.289. The molecule has 158 valence electrons. The van der Waals surface area contributed by atoms with Crippen LogP contribution < -0.4 is 10.0 Å². The molecule has 1 aromatic rings. The van der Waals surface area contributed by atoms with Crippen LogP contribution in [0, 0.1) is 18.3 Å². The first-order chi connectivity index (χ1) is 14.0. The van der Waals surface area contributed by atoms with Crippen LogP contribution in [0.4, 0.5) is 0 Å². The lowest BCUT2D eigenvalue weighted by atomic mass is 9.96.